The van der Waals surface area contributed by atoms with Crippen LogP contribution in [0.25, 0.3) is 0 Å². The SMILES string of the molecule is CCC1OCC2OC(n3ccc(=O)[nH]c3=O)C3(CC3)C2O1. The number of ether oxygens (including phenoxy) is 3. The maximum atomic E-state index is 12.0. The van der Waals surface area contributed by atoms with E-state index in [4.69, 9.17) is 14.2 Å². The van der Waals surface area contributed by atoms with Crippen molar-refractivity contribution in [2.24, 2.45) is 5.41 Å². The highest BCUT2D eigenvalue weighted by atomic mass is 16.7. The van der Waals surface area contributed by atoms with Crippen molar-refractivity contribution in [1.82, 2.24) is 9.55 Å². The number of nitrogens with zero attached hydrogens (tertiary/aromatic N) is 1. The van der Waals surface area contributed by atoms with Crippen LogP contribution < -0.4 is 11.2 Å². The van der Waals surface area contributed by atoms with Gasteiger partial charge in [0.25, 0.3) is 5.56 Å². The van der Waals surface area contributed by atoms with E-state index in [1.54, 1.807) is 0 Å². The fraction of sp³-hybridized carbons (Fsp3) is 0.714. The summed E-state index contributed by atoms with van der Waals surface area (Å²) in [5, 5.41) is 0. The molecule has 3 fully saturated rings. The van der Waals surface area contributed by atoms with Gasteiger partial charge in [0, 0.05) is 17.7 Å². The van der Waals surface area contributed by atoms with E-state index in [9.17, 15) is 9.59 Å². The second-order valence-electron chi connectivity index (χ2n) is 6.01. The van der Waals surface area contributed by atoms with Crippen LogP contribution in [0.2, 0.25) is 0 Å². The molecule has 0 radical (unpaired) electrons. The smallest absolute Gasteiger partial charge is 0.330 e. The molecule has 1 aliphatic carbocycles. The van der Waals surface area contributed by atoms with Crippen molar-refractivity contribution in [1.29, 1.82) is 0 Å². The minimum atomic E-state index is -0.439. The summed E-state index contributed by atoms with van der Waals surface area (Å²) in [5.74, 6) is 0. The Bertz CT molecular complexity index is 662. The third-order valence-electron chi connectivity index (χ3n) is 4.71. The molecule has 7 nitrogen and oxygen atoms in total. The number of hydrogen-bond acceptors (Lipinski definition) is 5. The van der Waals surface area contributed by atoms with E-state index in [1.807, 2.05) is 6.92 Å². The number of rotatable bonds is 2. The molecule has 2 aliphatic heterocycles. The van der Waals surface area contributed by atoms with Crippen LogP contribution in [-0.2, 0) is 14.2 Å². The van der Waals surface area contributed by atoms with E-state index < -0.39 is 17.5 Å². The maximum absolute atomic E-state index is 12.0. The Morgan fingerprint density at radius 3 is 2.86 bits per heavy atom. The topological polar surface area (TPSA) is 82.5 Å². The van der Waals surface area contributed by atoms with Crippen LogP contribution in [0.1, 0.15) is 32.4 Å². The highest BCUT2D eigenvalue weighted by Gasteiger charge is 2.66. The van der Waals surface area contributed by atoms with Gasteiger partial charge in [0.1, 0.15) is 12.3 Å². The van der Waals surface area contributed by atoms with Crippen molar-refractivity contribution < 1.29 is 14.2 Å². The summed E-state index contributed by atoms with van der Waals surface area (Å²) in [5.41, 5.74) is -1.00. The first-order valence-electron chi connectivity index (χ1n) is 7.38. The molecular formula is C14H18N2O5. The number of aromatic nitrogens is 2. The van der Waals surface area contributed by atoms with Gasteiger partial charge in [0.05, 0.1) is 12.7 Å². The number of fused-ring (bicyclic) bond motifs is 2. The fourth-order valence-corrected chi connectivity index (χ4v) is 3.48. The van der Waals surface area contributed by atoms with Crippen LogP contribution in [0, 0.1) is 5.41 Å². The monoisotopic (exact) mass is 294 g/mol. The quantitative estimate of drug-likeness (QED) is 0.852. The highest BCUT2D eigenvalue weighted by molar-refractivity contribution is 5.11. The molecule has 1 aromatic heterocycles. The Balaban J connectivity index is 1.69. The van der Waals surface area contributed by atoms with Gasteiger partial charge in [-0.15, -0.1) is 0 Å². The summed E-state index contributed by atoms with van der Waals surface area (Å²) in [4.78, 5) is 25.5. The van der Waals surface area contributed by atoms with Gasteiger partial charge in [0.2, 0.25) is 0 Å². The fourth-order valence-electron chi connectivity index (χ4n) is 3.48. The van der Waals surface area contributed by atoms with Gasteiger partial charge in [0.15, 0.2) is 6.29 Å². The summed E-state index contributed by atoms with van der Waals surface area (Å²) in [6.07, 6.45) is 3.43. The Kier molecular flexibility index (Phi) is 2.85. The molecule has 0 bridgehead atoms. The molecule has 1 N–H and O–H groups in total. The zero-order valence-electron chi connectivity index (χ0n) is 11.8. The molecule has 1 saturated carbocycles. The predicted molar refractivity (Wildman–Crippen MR) is 71.8 cm³/mol. The summed E-state index contributed by atoms with van der Waals surface area (Å²) in [6.45, 7) is 2.50. The van der Waals surface area contributed by atoms with Crippen LogP contribution in [0.15, 0.2) is 21.9 Å². The molecule has 3 heterocycles. The van der Waals surface area contributed by atoms with Gasteiger partial charge in [-0.3, -0.25) is 14.3 Å². The first-order chi connectivity index (χ1) is 10.1. The molecule has 0 aromatic carbocycles. The molecule has 114 valence electrons. The van der Waals surface area contributed by atoms with Crippen molar-refractivity contribution in [2.45, 2.75) is 50.9 Å². The highest BCUT2D eigenvalue weighted by Crippen LogP contribution is 2.64. The lowest BCUT2D eigenvalue weighted by Crippen LogP contribution is -2.44. The molecule has 1 aromatic rings. The van der Waals surface area contributed by atoms with Crippen LogP contribution in [-0.4, -0.2) is 34.7 Å². The molecule has 4 rings (SSSR count). The summed E-state index contributed by atoms with van der Waals surface area (Å²) < 4.78 is 19.1. The Morgan fingerprint density at radius 2 is 2.19 bits per heavy atom. The van der Waals surface area contributed by atoms with E-state index in [-0.39, 0.29) is 23.9 Å². The van der Waals surface area contributed by atoms with E-state index in [0.717, 1.165) is 19.3 Å². The average molecular weight is 294 g/mol. The van der Waals surface area contributed by atoms with Crippen molar-refractivity contribution in [2.75, 3.05) is 6.61 Å². The average Bonchev–Trinajstić information content (AvgIpc) is 3.20. The second kappa shape index (κ2) is 4.53. The second-order valence-corrected chi connectivity index (χ2v) is 6.01. The normalized spacial score (nSPS) is 36.6. The van der Waals surface area contributed by atoms with Crippen molar-refractivity contribution in [3.05, 3.63) is 33.1 Å². The first-order valence-corrected chi connectivity index (χ1v) is 7.38. The Morgan fingerprint density at radius 1 is 1.38 bits per heavy atom. The van der Waals surface area contributed by atoms with E-state index in [0.29, 0.717) is 6.61 Å². The zero-order valence-corrected chi connectivity index (χ0v) is 11.8. The van der Waals surface area contributed by atoms with Crippen LogP contribution >= 0.6 is 0 Å². The van der Waals surface area contributed by atoms with Gasteiger partial charge < -0.3 is 14.2 Å². The minimum Gasteiger partial charge on any atom is -0.350 e. The van der Waals surface area contributed by atoms with Gasteiger partial charge in [-0.05, 0) is 19.3 Å². The lowest BCUT2D eigenvalue weighted by molar-refractivity contribution is -0.246. The molecule has 2 saturated heterocycles. The molecule has 3 aliphatic rings. The van der Waals surface area contributed by atoms with Crippen LogP contribution in [0.5, 0.6) is 0 Å². The lowest BCUT2D eigenvalue weighted by Gasteiger charge is -2.33. The van der Waals surface area contributed by atoms with Crippen LogP contribution in [0.4, 0.5) is 0 Å². The molecule has 0 amide bonds. The zero-order chi connectivity index (χ0) is 14.6. The molecule has 1 spiro atoms. The van der Waals surface area contributed by atoms with Crippen molar-refractivity contribution in [3.63, 3.8) is 0 Å². The summed E-state index contributed by atoms with van der Waals surface area (Å²) in [6, 6.07) is 1.34. The number of hydrogen-bond donors (Lipinski definition) is 1. The number of nitrogens with one attached hydrogen (secondary N) is 1. The standard InChI is InChI=1S/C14H18N2O5/c1-2-10-19-7-8-11(21-10)14(4-5-14)12(20-8)16-6-3-9(17)15-13(16)18/h3,6,8,10-12H,2,4-5,7H2,1H3,(H,15,17,18). The number of H-pyrrole nitrogens is 1. The van der Waals surface area contributed by atoms with Crippen molar-refractivity contribution >= 4 is 0 Å². The Hall–Kier alpha value is -1.44. The van der Waals surface area contributed by atoms with E-state index in [1.165, 1.54) is 16.8 Å². The summed E-state index contributed by atoms with van der Waals surface area (Å²) >= 11 is 0. The molecular weight excluding hydrogens is 276 g/mol. The first kappa shape index (κ1) is 13.2. The third-order valence-corrected chi connectivity index (χ3v) is 4.71. The summed E-state index contributed by atoms with van der Waals surface area (Å²) in [7, 11) is 0. The van der Waals surface area contributed by atoms with E-state index in [2.05, 4.69) is 4.98 Å². The number of aromatic amines is 1. The predicted octanol–water partition coefficient (Wildman–Crippen LogP) is 0.366. The molecule has 4 atom stereocenters. The molecule has 4 unspecified atom stereocenters. The van der Waals surface area contributed by atoms with Gasteiger partial charge >= 0.3 is 5.69 Å². The third kappa shape index (κ3) is 1.91. The van der Waals surface area contributed by atoms with Gasteiger partial charge in [-0.2, -0.15) is 0 Å². The maximum Gasteiger partial charge on any atom is 0.330 e. The lowest BCUT2D eigenvalue weighted by atomic mass is 9.95. The van der Waals surface area contributed by atoms with Gasteiger partial charge in [-0.1, -0.05) is 6.92 Å². The molecule has 7 heteroatoms. The van der Waals surface area contributed by atoms with Gasteiger partial charge in [-0.25, -0.2) is 4.79 Å². The van der Waals surface area contributed by atoms with Crippen LogP contribution in [0.3, 0.4) is 0 Å². The van der Waals surface area contributed by atoms with E-state index >= 15 is 0 Å². The van der Waals surface area contributed by atoms with Crippen molar-refractivity contribution in [3.8, 4) is 0 Å². The minimum absolute atomic E-state index is 0.0416. The Labute approximate surface area is 120 Å². The molecule has 21 heavy (non-hydrogen) atoms. The largest absolute Gasteiger partial charge is 0.350 e.